The van der Waals surface area contributed by atoms with E-state index >= 15 is 0 Å². The Bertz CT molecular complexity index is 561. The minimum atomic E-state index is -5.82. The molecular formula is C11H6F6O4. The summed E-state index contributed by atoms with van der Waals surface area (Å²) in [4.78, 5) is 21.7. The maximum atomic E-state index is 12.6. The SMILES string of the molecule is O=C(O)c1cccc(C(C(F)(F)F)C(F)(F)F)c1C(=O)O. The third-order valence-corrected chi connectivity index (χ3v) is 2.51. The van der Waals surface area contributed by atoms with Crippen molar-refractivity contribution in [1.29, 1.82) is 0 Å². The van der Waals surface area contributed by atoms with Gasteiger partial charge >= 0.3 is 24.3 Å². The van der Waals surface area contributed by atoms with Crippen LogP contribution in [-0.4, -0.2) is 34.5 Å². The second kappa shape index (κ2) is 5.26. The predicted molar refractivity (Wildman–Crippen MR) is 55.2 cm³/mol. The highest BCUT2D eigenvalue weighted by atomic mass is 19.4. The number of hydrogen-bond acceptors (Lipinski definition) is 2. The first kappa shape index (κ1) is 16.8. The highest BCUT2D eigenvalue weighted by molar-refractivity contribution is 6.02. The number of carboxylic acids is 2. The molecule has 1 aromatic rings. The summed E-state index contributed by atoms with van der Waals surface area (Å²) in [6.07, 6.45) is -11.6. The largest absolute Gasteiger partial charge is 0.478 e. The van der Waals surface area contributed by atoms with Crippen molar-refractivity contribution in [2.45, 2.75) is 18.3 Å². The fourth-order valence-electron chi connectivity index (χ4n) is 1.77. The Morgan fingerprint density at radius 2 is 1.38 bits per heavy atom. The minimum absolute atomic E-state index is 0.293. The lowest BCUT2D eigenvalue weighted by Gasteiger charge is -2.25. The molecule has 0 bridgehead atoms. The molecule has 0 saturated heterocycles. The van der Waals surface area contributed by atoms with E-state index in [1.165, 1.54) is 0 Å². The molecule has 1 aromatic carbocycles. The van der Waals surface area contributed by atoms with Crippen molar-refractivity contribution in [3.8, 4) is 0 Å². The summed E-state index contributed by atoms with van der Waals surface area (Å²) >= 11 is 0. The van der Waals surface area contributed by atoms with E-state index in [1.54, 1.807) is 0 Å². The van der Waals surface area contributed by atoms with Gasteiger partial charge in [0, 0.05) is 0 Å². The second-order valence-corrected chi connectivity index (χ2v) is 3.90. The van der Waals surface area contributed by atoms with Crippen molar-refractivity contribution in [3.63, 3.8) is 0 Å². The summed E-state index contributed by atoms with van der Waals surface area (Å²) < 4.78 is 75.7. The Hall–Kier alpha value is -2.26. The Kier molecular flexibility index (Phi) is 4.21. The lowest BCUT2D eigenvalue weighted by molar-refractivity contribution is -0.253. The van der Waals surface area contributed by atoms with E-state index < -0.39 is 46.9 Å². The molecular weight excluding hydrogens is 310 g/mol. The Morgan fingerprint density at radius 3 is 1.71 bits per heavy atom. The van der Waals surface area contributed by atoms with Crippen LogP contribution in [0.5, 0.6) is 0 Å². The Balaban J connectivity index is 3.72. The van der Waals surface area contributed by atoms with Crippen molar-refractivity contribution >= 4 is 11.9 Å². The zero-order chi connectivity index (χ0) is 16.6. The molecule has 0 heterocycles. The van der Waals surface area contributed by atoms with Crippen molar-refractivity contribution in [2.75, 3.05) is 0 Å². The topological polar surface area (TPSA) is 74.6 Å². The van der Waals surface area contributed by atoms with Gasteiger partial charge in [-0.3, -0.25) is 0 Å². The second-order valence-electron chi connectivity index (χ2n) is 3.90. The number of alkyl halides is 6. The van der Waals surface area contributed by atoms with Gasteiger partial charge in [0.2, 0.25) is 0 Å². The smallest absolute Gasteiger partial charge is 0.404 e. The Morgan fingerprint density at radius 1 is 0.905 bits per heavy atom. The van der Waals surface area contributed by atoms with Gasteiger partial charge in [0.25, 0.3) is 0 Å². The van der Waals surface area contributed by atoms with Gasteiger partial charge in [0.15, 0.2) is 5.92 Å². The zero-order valence-electron chi connectivity index (χ0n) is 9.79. The highest BCUT2D eigenvalue weighted by Crippen LogP contribution is 2.47. The fourth-order valence-corrected chi connectivity index (χ4v) is 1.77. The first-order valence-corrected chi connectivity index (χ1v) is 5.10. The third-order valence-electron chi connectivity index (χ3n) is 2.51. The summed E-state index contributed by atoms with van der Waals surface area (Å²) in [6.45, 7) is 0. The summed E-state index contributed by atoms with van der Waals surface area (Å²) in [7, 11) is 0. The molecule has 0 amide bonds. The molecule has 0 aliphatic rings. The Labute approximate surface area is 112 Å². The number of carbonyl (C=O) groups is 2. The van der Waals surface area contributed by atoms with Crippen molar-refractivity contribution in [3.05, 3.63) is 34.9 Å². The normalized spacial score (nSPS) is 12.5. The monoisotopic (exact) mass is 316 g/mol. The van der Waals surface area contributed by atoms with E-state index in [0.717, 1.165) is 0 Å². The average molecular weight is 316 g/mol. The standard InChI is InChI=1S/C11H6F6O4/c12-10(13,14)7(11(15,16)17)4-2-1-3-5(8(18)19)6(4)9(20)21/h1-3,7H,(H,18,19)(H,20,21). The number of benzene rings is 1. The minimum Gasteiger partial charge on any atom is -0.478 e. The molecule has 2 N–H and O–H groups in total. The lowest BCUT2D eigenvalue weighted by atomic mass is 9.90. The molecule has 4 nitrogen and oxygen atoms in total. The van der Waals surface area contributed by atoms with E-state index in [1.807, 2.05) is 0 Å². The molecule has 116 valence electrons. The zero-order valence-corrected chi connectivity index (χ0v) is 9.79. The third kappa shape index (κ3) is 3.44. The van der Waals surface area contributed by atoms with E-state index in [0.29, 0.717) is 18.2 Å². The molecule has 0 fully saturated rings. The average Bonchev–Trinajstić information content (AvgIpc) is 2.23. The van der Waals surface area contributed by atoms with Crippen molar-refractivity contribution in [2.24, 2.45) is 0 Å². The number of aromatic carboxylic acids is 2. The van der Waals surface area contributed by atoms with E-state index in [4.69, 9.17) is 10.2 Å². The van der Waals surface area contributed by atoms with Crippen molar-refractivity contribution < 1.29 is 46.1 Å². The summed E-state index contributed by atoms with van der Waals surface area (Å²) in [5.74, 6) is -8.23. The van der Waals surface area contributed by atoms with Crippen LogP contribution >= 0.6 is 0 Å². The number of halogens is 6. The van der Waals surface area contributed by atoms with Crippen LogP contribution in [0.15, 0.2) is 18.2 Å². The van der Waals surface area contributed by atoms with Gasteiger partial charge in [-0.05, 0) is 11.6 Å². The summed E-state index contributed by atoms with van der Waals surface area (Å²) in [5.41, 5.74) is -4.36. The molecule has 0 saturated carbocycles. The van der Waals surface area contributed by atoms with Crippen LogP contribution in [0.3, 0.4) is 0 Å². The number of hydrogen-bond donors (Lipinski definition) is 2. The van der Waals surface area contributed by atoms with E-state index in [9.17, 15) is 35.9 Å². The first-order valence-electron chi connectivity index (χ1n) is 5.10. The molecule has 0 atom stereocenters. The van der Waals surface area contributed by atoms with E-state index in [2.05, 4.69) is 0 Å². The molecule has 0 aliphatic carbocycles. The van der Waals surface area contributed by atoms with Crippen LogP contribution in [0.25, 0.3) is 0 Å². The number of carboxylic acid groups (broad SMARTS) is 2. The van der Waals surface area contributed by atoms with Gasteiger partial charge in [-0.15, -0.1) is 0 Å². The van der Waals surface area contributed by atoms with Gasteiger partial charge in [-0.2, -0.15) is 26.3 Å². The molecule has 21 heavy (non-hydrogen) atoms. The molecule has 10 heteroatoms. The molecule has 1 rings (SSSR count). The van der Waals surface area contributed by atoms with Crippen molar-refractivity contribution in [1.82, 2.24) is 0 Å². The molecule has 0 aromatic heterocycles. The van der Waals surface area contributed by atoms with Gasteiger partial charge in [-0.25, -0.2) is 9.59 Å². The maximum Gasteiger partial charge on any atom is 0.404 e. The molecule has 0 unspecified atom stereocenters. The van der Waals surface area contributed by atoms with Gasteiger partial charge in [-0.1, -0.05) is 12.1 Å². The van der Waals surface area contributed by atoms with Crippen LogP contribution in [0.4, 0.5) is 26.3 Å². The first-order chi connectivity index (χ1) is 9.37. The van der Waals surface area contributed by atoms with Crippen LogP contribution in [-0.2, 0) is 0 Å². The highest BCUT2D eigenvalue weighted by Gasteiger charge is 2.58. The molecule has 0 aliphatic heterocycles. The van der Waals surface area contributed by atoms with Crippen LogP contribution in [0.1, 0.15) is 32.2 Å². The summed E-state index contributed by atoms with van der Waals surface area (Å²) in [5, 5.41) is 17.5. The molecule has 0 radical (unpaired) electrons. The quantitative estimate of drug-likeness (QED) is 0.839. The lowest BCUT2D eigenvalue weighted by Crippen LogP contribution is -2.35. The van der Waals surface area contributed by atoms with Gasteiger partial charge < -0.3 is 10.2 Å². The number of rotatable bonds is 3. The maximum absolute atomic E-state index is 12.6. The molecule has 0 spiro atoms. The van der Waals surface area contributed by atoms with Gasteiger partial charge in [0.05, 0.1) is 11.1 Å². The predicted octanol–water partition coefficient (Wildman–Crippen LogP) is 3.29. The van der Waals surface area contributed by atoms with Crippen LogP contribution in [0.2, 0.25) is 0 Å². The van der Waals surface area contributed by atoms with Crippen LogP contribution in [0, 0.1) is 0 Å². The van der Waals surface area contributed by atoms with Crippen LogP contribution < -0.4 is 0 Å². The fraction of sp³-hybridized carbons (Fsp3) is 0.273. The van der Waals surface area contributed by atoms with Gasteiger partial charge in [0.1, 0.15) is 0 Å². The van der Waals surface area contributed by atoms with E-state index in [-0.39, 0.29) is 0 Å². The summed E-state index contributed by atoms with van der Waals surface area (Å²) in [6, 6.07) is 1.52.